The van der Waals surface area contributed by atoms with Gasteiger partial charge in [-0.1, -0.05) is 29.8 Å². The summed E-state index contributed by atoms with van der Waals surface area (Å²) in [4.78, 5) is 14.7. The third-order valence-electron chi connectivity index (χ3n) is 4.94. The van der Waals surface area contributed by atoms with E-state index >= 15 is 0 Å². The summed E-state index contributed by atoms with van der Waals surface area (Å²) in [5, 5.41) is 11.1. The molecule has 1 heterocycles. The Labute approximate surface area is 200 Å². The molecule has 0 radical (unpaired) electrons. The first-order valence-corrected chi connectivity index (χ1v) is 11.7. The van der Waals surface area contributed by atoms with Gasteiger partial charge in [-0.2, -0.15) is 0 Å². The lowest BCUT2D eigenvalue weighted by atomic mass is 10.2. The molecule has 4 rings (SSSR count). The zero-order chi connectivity index (χ0) is 24.3. The van der Waals surface area contributed by atoms with Crippen LogP contribution in [0.1, 0.15) is 5.69 Å². The molecule has 0 spiro atoms. The van der Waals surface area contributed by atoms with E-state index < -0.39 is 20.6 Å². The minimum atomic E-state index is -4.22. The van der Waals surface area contributed by atoms with Gasteiger partial charge in [0.25, 0.3) is 15.7 Å². The largest absolute Gasteiger partial charge is 0.497 e. The third-order valence-corrected chi connectivity index (χ3v) is 7.03. The number of benzene rings is 3. The summed E-state index contributed by atoms with van der Waals surface area (Å²) in [6, 6.07) is 18.8. The van der Waals surface area contributed by atoms with Crippen molar-refractivity contribution in [2.45, 2.75) is 11.4 Å². The number of para-hydroxylation sites is 1. The highest BCUT2D eigenvalue weighted by atomic mass is 35.5. The fourth-order valence-electron chi connectivity index (χ4n) is 3.22. The van der Waals surface area contributed by atoms with Gasteiger partial charge in [0.05, 0.1) is 29.2 Å². The van der Waals surface area contributed by atoms with Gasteiger partial charge in [0.15, 0.2) is 0 Å². The van der Waals surface area contributed by atoms with Gasteiger partial charge in [0, 0.05) is 11.6 Å². The second-order valence-electron chi connectivity index (χ2n) is 7.09. The fraction of sp³-hybridized carbons (Fsp3) is 0.0870. The first-order chi connectivity index (χ1) is 16.3. The molecule has 0 bridgehead atoms. The molecule has 0 aliphatic rings. The van der Waals surface area contributed by atoms with Gasteiger partial charge < -0.3 is 9.15 Å². The van der Waals surface area contributed by atoms with Crippen molar-refractivity contribution in [2.75, 3.05) is 11.4 Å². The van der Waals surface area contributed by atoms with Crippen molar-refractivity contribution in [3.63, 3.8) is 0 Å². The Kier molecular flexibility index (Phi) is 6.53. The van der Waals surface area contributed by atoms with Crippen molar-refractivity contribution < 1.29 is 22.5 Å². The van der Waals surface area contributed by atoms with Gasteiger partial charge >= 0.3 is 0 Å². The lowest BCUT2D eigenvalue weighted by Crippen LogP contribution is -2.30. The minimum Gasteiger partial charge on any atom is -0.497 e. The van der Waals surface area contributed by atoms with E-state index in [-0.39, 0.29) is 16.5 Å². The number of nitro benzene ring substituents is 1. The second-order valence-corrected chi connectivity index (χ2v) is 9.36. The standard InChI is InChI=1S/C23H18ClN3O6S/c1-32-19-9-7-16(8-10-19)23-25-17(15-33-23)14-26(18-5-3-2-4-6-18)34(30,31)20-11-12-21(24)22(13-20)27(28)29/h2-13,15H,14H2,1H3. The summed E-state index contributed by atoms with van der Waals surface area (Å²) in [5.41, 5.74) is 0.893. The van der Waals surface area contributed by atoms with Crippen LogP contribution in [0.4, 0.5) is 11.4 Å². The van der Waals surface area contributed by atoms with E-state index in [0.717, 1.165) is 10.4 Å². The number of hydrogen-bond donors (Lipinski definition) is 0. The number of halogens is 1. The lowest BCUT2D eigenvalue weighted by molar-refractivity contribution is -0.384. The molecule has 0 atom stereocenters. The number of oxazole rings is 1. The van der Waals surface area contributed by atoms with Crippen LogP contribution in [0.2, 0.25) is 5.02 Å². The van der Waals surface area contributed by atoms with Gasteiger partial charge in [-0.05, 0) is 48.5 Å². The summed E-state index contributed by atoms with van der Waals surface area (Å²) in [6.07, 6.45) is 1.37. The van der Waals surface area contributed by atoms with Gasteiger partial charge in [0.1, 0.15) is 22.7 Å². The average Bonchev–Trinajstić information content (AvgIpc) is 3.32. The molecule has 0 aliphatic carbocycles. The van der Waals surface area contributed by atoms with E-state index in [2.05, 4.69) is 4.98 Å². The van der Waals surface area contributed by atoms with E-state index in [4.69, 9.17) is 20.8 Å². The number of ether oxygens (including phenoxy) is 1. The van der Waals surface area contributed by atoms with Crippen molar-refractivity contribution in [1.82, 2.24) is 4.98 Å². The van der Waals surface area contributed by atoms with Crippen LogP contribution < -0.4 is 9.04 Å². The molecule has 3 aromatic carbocycles. The number of methoxy groups -OCH3 is 1. The molecule has 0 unspecified atom stereocenters. The number of anilines is 1. The van der Waals surface area contributed by atoms with Gasteiger partial charge in [-0.3, -0.25) is 14.4 Å². The van der Waals surface area contributed by atoms with Crippen molar-refractivity contribution >= 4 is 33.0 Å². The summed E-state index contributed by atoms with van der Waals surface area (Å²) in [6.45, 7) is -0.164. The van der Waals surface area contributed by atoms with Crippen LogP contribution in [0.25, 0.3) is 11.5 Å². The Hall–Kier alpha value is -3.89. The minimum absolute atomic E-state index is 0.157. The summed E-state index contributed by atoms with van der Waals surface area (Å²) in [5.74, 6) is 0.985. The molecule has 0 amide bonds. The zero-order valence-corrected chi connectivity index (χ0v) is 19.4. The SMILES string of the molecule is COc1ccc(-c2nc(CN(c3ccccc3)S(=O)(=O)c3ccc(Cl)c([N+](=O)[O-])c3)co2)cc1. The Balaban J connectivity index is 1.71. The fourth-order valence-corrected chi connectivity index (χ4v) is 4.87. The van der Waals surface area contributed by atoms with Crippen LogP contribution >= 0.6 is 11.6 Å². The lowest BCUT2D eigenvalue weighted by Gasteiger charge is -2.23. The zero-order valence-electron chi connectivity index (χ0n) is 17.8. The normalized spacial score (nSPS) is 11.2. The smallest absolute Gasteiger partial charge is 0.289 e. The molecule has 0 N–H and O–H groups in total. The molecule has 9 nitrogen and oxygen atoms in total. The average molecular weight is 500 g/mol. The van der Waals surface area contributed by atoms with Crippen LogP contribution in [0.15, 0.2) is 88.4 Å². The van der Waals surface area contributed by atoms with Crippen LogP contribution in [0.5, 0.6) is 5.75 Å². The molecule has 174 valence electrons. The summed E-state index contributed by atoms with van der Waals surface area (Å²) >= 11 is 5.87. The first-order valence-electron chi connectivity index (χ1n) is 9.90. The van der Waals surface area contributed by atoms with E-state index in [9.17, 15) is 18.5 Å². The van der Waals surface area contributed by atoms with E-state index in [1.54, 1.807) is 61.7 Å². The third kappa shape index (κ3) is 4.73. The van der Waals surface area contributed by atoms with Gasteiger partial charge in [-0.25, -0.2) is 13.4 Å². The molecule has 11 heteroatoms. The Morgan fingerprint density at radius 1 is 1.09 bits per heavy atom. The van der Waals surface area contributed by atoms with Crippen LogP contribution in [-0.2, 0) is 16.6 Å². The predicted octanol–water partition coefficient (Wildman–Crippen LogP) is 5.31. The molecule has 34 heavy (non-hydrogen) atoms. The van der Waals surface area contributed by atoms with E-state index in [1.165, 1.54) is 18.4 Å². The van der Waals surface area contributed by atoms with Crippen molar-refractivity contribution in [3.05, 3.63) is 99.9 Å². The maximum atomic E-state index is 13.6. The topological polar surface area (TPSA) is 116 Å². The Bertz CT molecular complexity index is 1420. The highest BCUT2D eigenvalue weighted by molar-refractivity contribution is 7.92. The molecule has 0 saturated heterocycles. The second kappa shape index (κ2) is 9.54. The van der Waals surface area contributed by atoms with Crippen molar-refractivity contribution in [1.29, 1.82) is 0 Å². The summed E-state index contributed by atoms with van der Waals surface area (Å²) in [7, 11) is -2.66. The van der Waals surface area contributed by atoms with Crippen LogP contribution in [0, 0.1) is 10.1 Å². The Morgan fingerprint density at radius 2 is 1.79 bits per heavy atom. The molecular weight excluding hydrogens is 482 g/mol. The number of rotatable bonds is 8. The number of nitro groups is 1. The number of nitrogens with zero attached hydrogens (tertiary/aromatic N) is 3. The van der Waals surface area contributed by atoms with Crippen LogP contribution in [0.3, 0.4) is 0 Å². The number of hydrogen-bond acceptors (Lipinski definition) is 7. The Morgan fingerprint density at radius 3 is 2.44 bits per heavy atom. The molecule has 0 aliphatic heterocycles. The van der Waals surface area contributed by atoms with Crippen LogP contribution in [-0.4, -0.2) is 25.4 Å². The molecule has 0 saturated carbocycles. The highest BCUT2D eigenvalue weighted by Crippen LogP contribution is 2.32. The highest BCUT2D eigenvalue weighted by Gasteiger charge is 2.29. The predicted molar refractivity (Wildman–Crippen MR) is 126 cm³/mol. The monoisotopic (exact) mass is 499 g/mol. The molecule has 0 fully saturated rings. The number of aromatic nitrogens is 1. The summed E-state index contributed by atoms with van der Waals surface area (Å²) < 4.78 is 38.9. The number of sulfonamides is 1. The maximum Gasteiger partial charge on any atom is 0.289 e. The quantitative estimate of drug-likeness (QED) is 0.238. The maximum absolute atomic E-state index is 13.6. The molecule has 1 aromatic heterocycles. The van der Waals surface area contributed by atoms with Gasteiger partial charge in [-0.15, -0.1) is 0 Å². The van der Waals surface area contributed by atoms with Crippen molar-refractivity contribution in [3.8, 4) is 17.2 Å². The molecule has 4 aromatic rings. The van der Waals surface area contributed by atoms with Crippen molar-refractivity contribution in [2.24, 2.45) is 0 Å². The first kappa shape index (κ1) is 23.3. The van der Waals surface area contributed by atoms with E-state index in [1.807, 2.05) is 0 Å². The van der Waals surface area contributed by atoms with Gasteiger partial charge in [0.2, 0.25) is 5.89 Å². The molecular formula is C23H18ClN3O6S. The van der Waals surface area contributed by atoms with E-state index in [0.29, 0.717) is 28.6 Å².